The van der Waals surface area contributed by atoms with Crippen LogP contribution in [-0.4, -0.2) is 37.7 Å². The van der Waals surface area contributed by atoms with E-state index in [-0.39, 0.29) is 17.6 Å². The molecule has 0 saturated carbocycles. The zero-order valence-corrected chi connectivity index (χ0v) is 20.1. The quantitative estimate of drug-likeness (QED) is 0.492. The van der Waals surface area contributed by atoms with E-state index >= 15 is 0 Å². The highest BCUT2D eigenvalue weighted by molar-refractivity contribution is 6.04. The third kappa shape index (κ3) is 5.49. The smallest absolute Gasteiger partial charge is 0.255 e. The van der Waals surface area contributed by atoms with Crippen LogP contribution in [-0.2, 0) is 10.2 Å². The Bertz CT molecular complexity index is 1170. The number of benzene rings is 3. The highest BCUT2D eigenvalue weighted by Crippen LogP contribution is 2.32. The van der Waals surface area contributed by atoms with Gasteiger partial charge in [-0.25, -0.2) is 0 Å². The lowest BCUT2D eigenvalue weighted by atomic mass is 9.83. The van der Waals surface area contributed by atoms with Crippen LogP contribution >= 0.6 is 0 Å². The molecule has 3 aromatic rings. The van der Waals surface area contributed by atoms with Crippen molar-refractivity contribution in [2.24, 2.45) is 0 Å². The van der Waals surface area contributed by atoms with Crippen molar-refractivity contribution in [3.8, 4) is 17.2 Å². The monoisotopic (exact) mass is 462 g/mol. The van der Waals surface area contributed by atoms with Gasteiger partial charge in [-0.3, -0.25) is 9.59 Å². The molecule has 0 aromatic heterocycles. The fraction of sp³-hybridized carbons (Fsp3) is 0.259. The molecule has 3 rings (SSSR count). The number of aromatic hydroxyl groups is 1. The maximum Gasteiger partial charge on any atom is 0.255 e. The fourth-order valence-corrected chi connectivity index (χ4v) is 3.73. The lowest BCUT2D eigenvalue weighted by Crippen LogP contribution is -2.40. The summed E-state index contributed by atoms with van der Waals surface area (Å²) in [6.07, 6.45) is 0. The first-order valence-electron chi connectivity index (χ1n) is 10.9. The topological polar surface area (TPSA) is 88.1 Å². The summed E-state index contributed by atoms with van der Waals surface area (Å²) < 4.78 is 10.5. The minimum atomic E-state index is -0.417. The average Bonchev–Trinajstić information content (AvgIpc) is 2.82. The van der Waals surface area contributed by atoms with Crippen molar-refractivity contribution in [2.75, 3.05) is 31.0 Å². The highest BCUT2D eigenvalue weighted by atomic mass is 16.5. The van der Waals surface area contributed by atoms with Gasteiger partial charge in [0.2, 0.25) is 5.91 Å². The van der Waals surface area contributed by atoms with Crippen molar-refractivity contribution < 1.29 is 24.2 Å². The molecule has 0 bridgehead atoms. The summed E-state index contributed by atoms with van der Waals surface area (Å²) in [7, 11) is 3.06. The lowest BCUT2D eigenvalue weighted by Gasteiger charge is -2.33. The number of amides is 2. The first-order valence-corrected chi connectivity index (χ1v) is 10.9. The van der Waals surface area contributed by atoms with Crippen molar-refractivity contribution in [1.29, 1.82) is 0 Å². The van der Waals surface area contributed by atoms with E-state index in [1.54, 1.807) is 54.5 Å². The molecule has 0 saturated heterocycles. The first kappa shape index (κ1) is 24.6. The van der Waals surface area contributed by atoms with E-state index in [1.807, 2.05) is 38.1 Å². The average molecular weight is 463 g/mol. The molecule has 178 valence electrons. The van der Waals surface area contributed by atoms with Gasteiger partial charge in [0.05, 0.1) is 19.9 Å². The Kier molecular flexibility index (Phi) is 7.46. The highest BCUT2D eigenvalue weighted by Gasteiger charge is 2.27. The van der Waals surface area contributed by atoms with Gasteiger partial charge in [0.15, 0.2) is 11.5 Å². The zero-order valence-electron chi connectivity index (χ0n) is 20.1. The van der Waals surface area contributed by atoms with E-state index in [0.717, 1.165) is 5.56 Å². The molecule has 0 heterocycles. The third-order valence-electron chi connectivity index (χ3n) is 5.68. The zero-order chi connectivity index (χ0) is 24.9. The second-order valence-corrected chi connectivity index (χ2v) is 8.58. The van der Waals surface area contributed by atoms with Gasteiger partial charge in [0, 0.05) is 30.1 Å². The Hall–Kier alpha value is -4.00. The standard InChI is InChI=1S/C27H30N2O5/c1-18(30)29(22-8-6-7-9-23(22)31)17-27(2,3)20-11-13-21(14-12-20)28-26(32)19-10-15-24(33-4)25(16-19)34-5/h6-16,31H,17H2,1-5H3,(H,28,32). The number of anilines is 2. The summed E-state index contributed by atoms with van der Waals surface area (Å²) in [5, 5.41) is 13.1. The molecule has 0 aliphatic rings. The van der Waals surface area contributed by atoms with E-state index in [0.29, 0.717) is 35.0 Å². The van der Waals surface area contributed by atoms with Crippen LogP contribution < -0.4 is 19.7 Å². The van der Waals surface area contributed by atoms with Gasteiger partial charge in [-0.2, -0.15) is 0 Å². The fourth-order valence-electron chi connectivity index (χ4n) is 3.73. The van der Waals surface area contributed by atoms with E-state index < -0.39 is 5.41 Å². The number of nitrogens with one attached hydrogen (secondary N) is 1. The molecule has 2 amide bonds. The number of nitrogens with zero attached hydrogens (tertiary/aromatic N) is 1. The molecule has 0 aliphatic carbocycles. The largest absolute Gasteiger partial charge is 0.506 e. The molecule has 7 nitrogen and oxygen atoms in total. The van der Waals surface area contributed by atoms with Gasteiger partial charge < -0.3 is 24.8 Å². The molecule has 2 N–H and O–H groups in total. The number of methoxy groups -OCH3 is 2. The second kappa shape index (κ2) is 10.3. The van der Waals surface area contributed by atoms with Crippen LogP contribution in [0, 0.1) is 0 Å². The minimum absolute atomic E-state index is 0.0572. The van der Waals surface area contributed by atoms with Crippen LogP contribution in [0.4, 0.5) is 11.4 Å². The van der Waals surface area contributed by atoms with E-state index in [2.05, 4.69) is 5.32 Å². The number of hydrogen-bond acceptors (Lipinski definition) is 5. The predicted molar refractivity (Wildman–Crippen MR) is 133 cm³/mol. The van der Waals surface area contributed by atoms with Gasteiger partial charge in [0.25, 0.3) is 5.91 Å². The molecule has 0 unspecified atom stereocenters. The normalized spacial score (nSPS) is 11.0. The number of carbonyl (C=O) groups is 2. The molecule has 0 atom stereocenters. The van der Waals surface area contributed by atoms with Crippen molar-refractivity contribution in [2.45, 2.75) is 26.2 Å². The third-order valence-corrected chi connectivity index (χ3v) is 5.68. The van der Waals surface area contributed by atoms with Gasteiger partial charge in [-0.15, -0.1) is 0 Å². The Balaban J connectivity index is 1.75. The van der Waals surface area contributed by atoms with E-state index in [1.165, 1.54) is 14.0 Å². The van der Waals surface area contributed by atoms with Crippen molar-refractivity contribution in [3.63, 3.8) is 0 Å². The van der Waals surface area contributed by atoms with Gasteiger partial charge in [0.1, 0.15) is 5.75 Å². The SMILES string of the molecule is COc1ccc(C(=O)Nc2ccc(C(C)(C)CN(C(C)=O)c3ccccc3O)cc2)cc1OC. The number of phenols is 1. The summed E-state index contributed by atoms with van der Waals surface area (Å²) in [5.74, 6) is 0.658. The molecule has 3 aromatic carbocycles. The number of phenolic OH excluding ortho intramolecular Hbond substituents is 1. The summed E-state index contributed by atoms with van der Waals surface area (Å²) in [4.78, 5) is 26.6. The van der Waals surface area contributed by atoms with E-state index in [4.69, 9.17) is 9.47 Å². The van der Waals surface area contributed by atoms with Crippen LogP contribution in [0.3, 0.4) is 0 Å². The molecule has 0 radical (unpaired) electrons. The van der Waals surface area contributed by atoms with Gasteiger partial charge in [-0.05, 0) is 48.0 Å². The molecular weight excluding hydrogens is 432 g/mol. The van der Waals surface area contributed by atoms with Crippen LogP contribution in [0.5, 0.6) is 17.2 Å². The maximum absolute atomic E-state index is 12.7. The van der Waals surface area contributed by atoms with Crippen molar-refractivity contribution in [3.05, 3.63) is 77.9 Å². The number of carbonyl (C=O) groups excluding carboxylic acids is 2. The summed E-state index contributed by atoms with van der Waals surface area (Å²) in [6.45, 7) is 5.91. The van der Waals surface area contributed by atoms with E-state index in [9.17, 15) is 14.7 Å². The van der Waals surface area contributed by atoms with Gasteiger partial charge in [-0.1, -0.05) is 38.1 Å². The molecule has 34 heavy (non-hydrogen) atoms. The number of hydrogen-bond donors (Lipinski definition) is 2. The lowest BCUT2D eigenvalue weighted by molar-refractivity contribution is -0.116. The molecular formula is C27H30N2O5. The molecule has 0 spiro atoms. The molecule has 7 heteroatoms. The molecule has 0 aliphatic heterocycles. The number of para-hydroxylation sites is 2. The summed E-state index contributed by atoms with van der Waals surface area (Å²) in [5.41, 5.74) is 2.13. The maximum atomic E-state index is 12.7. The Morgan fingerprint density at radius 3 is 2.18 bits per heavy atom. The van der Waals surface area contributed by atoms with Crippen molar-refractivity contribution >= 4 is 23.2 Å². The predicted octanol–water partition coefficient (Wildman–Crippen LogP) is 4.99. The molecule has 0 fully saturated rings. The van der Waals surface area contributed by atoms with Crippen LogP contribution in [0.15, 0.2) is 66.7 Å². The van der Waals surface area contributed by atoms with Crippen LogP contribution in [0.2, 0.25) is 0 Å². The summed E-state index contributed by atoms with van der Waals surface area (Å²) in [6, 6.07) is 19.3. The van der Waals surface area contributed by atoms with Crippen LogP contribution in [0.1, 0.15) is 36.7 Å². The Morgan fingerprint density at radius 2 is 1.59 bits per heavy atom. The summed E-state index contributed by atoms with van der Waals surface area (Å²) >= 11 is 0. The Morgan fingerprint density at radius 1 is 0.941 bits per heavy atom. The number of ether oxygens (including phenoxy) is 2. The van der Waals surface area contributed by atoms with Crippen molar-refractivity contribution in [1.82, 2.24) is 0 Å². The number of rotatable bonds is 8. The second-order valence-electron chi connectivity index (χ2n) is 8.58. The minimum Gasteiger partial charge on any atom is -0.506 e. The van der Waals surface area contributed by atoms with Crippen LogP contribution in [0.25, 0.3) is 0 Å². The Labute approximate surface area is 199 Å². The van der Waals surface area contributed by atoms with Gasteiger partial charge >= 0.3 is 0 Å². The first-order chi connectivity index (χ1) is 16.2.